The predicted molar refractivity (Wildman–Crippen MR) is 86.5 cm³/mol. The van der Waals surface area contributed by atoms with Crippen LogP contribution in [-0.2, 0) is 6.54 Å². The summed E-state index contributed by atoms with van der Waals surface area (Å²) in [4.78, 5) is 5.00. The molecular formula is C18H28N2. The first-order chi connectivity index (χ1) is 9.69. The zero-order valence-electron chi connectivity index (χ0n) is 13.0. The van der Waals surface area contributed by atoms with E-state index in [0.29, 0.717) is 0 Å². The van der Waals surface area contributed by atoms with E-state index in [1.165, 1.54) is 43.7 Å². The number of hydrogen-bond donors (Lipinski definition) is 0. The van der Waals surface area contributed by atoms with Crippen LogP contribution in [0.3, 0.4) is 0 Å². The van der Waals surface area contributed by atoms with E-state index in [9.17, 15) is 0 Å². The van der Waals surface area contributed by atoms with Gasteiger partial charge in [-0.05, 0) is 51.3 Å². The number of nitrogens with zero attached hydrogens (tertiary/aromatic N) is 2. The van der Waals surface area contributed by atoms with Gasteiger partial charge in [-0.3, -0.25) is 4.90 Å². The van der Waals surface area contributed by atoms with Gasteiger partial charge in [0.2, 0.25) is 0 Å². The molecule has 0 unspecified atom stereocenters. The Balaban J connectivity index is 1.76. The Morgan fingerprint density at radius 1 is 1.25 bits per heavy atom. The molecule has 1 fully saturated rings. The molecule has 1 heterocycles. The largest absolute Gasteiger partial charge is 0.376 e. The monoisotopic (exact) mass is 272 g/mol. The summed E-state index contributed by atoms with van der Waals surface area (Å²) in [6, 6.07) is 10.8. The Morgan fingerprint density at radius 3 is 2.45 bits per heavy atom. The Bertz CT molecular complexity index is 405. The summed E-state index contributed by atoms with van der Waals surface area (Å²) in [7, 11) is 0. The summed E-state index contributed by atoms with van der Waals surface area (Å²) in [5.74, 6) is 0.832. The molecule has 0 atom stereocenters. The molecule has 0 radical (unpaired) electrons. The minimum atomic E-state index is 0.832. The lowest BCUT2D eigenvalue weighted by Gasteiger charge is -2.35. The quantitative estimate of drug-likeness (QED) is 0.778. The van der Waals surface area contributed by atoms with Gasteiger partial charge in [-0.1, -0.05) is 36.9 Å². The number of benzene rings is 1. The molecule has 0 N–H and O–H groups in total. The van der Waals surface area contributed by atoms with Gasteiger partial charge < -0.3 is 4.90 Å². The second-order valence-electron chi connectivity index (χ2n) is 5.98. The van der Waals surface area contributed by atoms with Crippen molar-refractivity contribution in [3.05, 3.63) is 48.2 Å². The lowest BCUT2D eigenvalue weighted by molar-refractivity contribution is 0.153. The zero-order valence-corrected chi connectivity index (χ0v) is 13.0. The number of hydrogen-bond acceptors (Lipinski definition) is 2. The highest BCUT2D eigenvalue weighted by Gasteiger charge is 2.20. The number of likely N-dealkylation sites (tertiary alicyclic amines) is 1. The van der Waals surface area contributed by atoms with Crippen LogP contribution in [0.1, 0.15) is 32.3 Å². The summed E-state index contributed by atoms with van der Waals surface area (Å²) in [6.45, 7) is 14.2. The average Bonchev–Trinajstić information content (AvgIpc) is 2.47. The van der Waals surface area contributed by atoms with E-state index in [2.05, 4.69) is 60.6 Å². The third-order valence-corrected chi connectivity index (χ3v) is 4.36. The lowest BCUT2D eigenvalue weighted by atomic mass is 9.95. The number of rotatable bonds is 6. The van der Waals surface area contributed by atoms with Crippen molar-refractivity contribution in [2.24, 2.45) is 5.92 Å². The fourth-order valence-electron chi connectivity index (χ4n) is 3.04. The van der Waals surface area contributed by atoms with Gasteiger partial charge in [0, 0.05) is 25.3 Å². The molecule has 0 bridgehead atoms. The van der Waals surface area contributed by atoms with Crippen LogP contribution in [0.5, 0.6) is 0 Å². The highest BCUT2D eigenvalue weighted by molar-refractivity contribution is 5.14. The molecule has 0 aromatic heterocycles. The van der Waals surface area contributed by atoms with Crippen LogP contribution in [0.2, 0.25) is 0 Å². The first-order valence-electron chi connectivity index (χ1n) is 7.85. The molecule has 2 heteroatoms. The van der Waals surface area contributed by atoms with Gasteiger partial charge >= 0.3 is 0 Å². The molecule has 110 valence electrons. The van der Waals surface area contributed by atoms with Crippen molar-refractivity contribution in [1.29, 1.82) is 0 Å². The zero-order chi connectivity index (χ0) is 14.4. The van der Waals surface area contributed by atoms with Crippen LogP contribution in [0, 0.1) is 5.92 Å². The molecule has 1 aromatic carbocycles. The highest BCUT2D eigenvalue weighted by atomic mass is 15.1. The fraction of sp³-hybridized carbons (Fsp3) is 0.556. The molecule has 20 heavy (non-hydrogen) atoms. The number of allylic oxidation sites excluding steroid dienone is 1. The van der Waals surface area contributed by atoms with Gasteiger partial charge in [0.05, 0.1) is 0 Å². The number of piperidine rings is 1. The smallest absolute Gasteiger partial charge is 0.0233 e. The third kappa shape index (κ3) is 4.38. The van der Waals surface area contributed by atoms with Crippen molar-refractivity contribution < 1.29 is 0 Å². The summed E-state index contributed by atoms with van der Waals surface area (Å²) in [5.41, 5.74) is 2.64. The molecule has 0 saturated carbocycles. The molecule has 1 aliphatic rings. The maximum absolute atomic E-state index is 4.08. The third-order valence-electron chi connectivity index (χ3n) is 4.36. The SMILES string of the molecule is C=C(C)N(CC)CC1CCN(Cc2ccccc2)CC1. The molecule has 0 amide bonds. The molecule has 1 aliphatic heterocycles. The van der Waals surface area contributed by atoms with Gasteiger partial charge in [-0.15, -0.1) is 0 Å². The van der Waals surface area contributed by atoms with E-state index < -0.39 is 0 Å². The molecule has 0 aliphatic carbocycles. The lowest BCUT2D eigenvalue weighted by Crippen LogP contribution is -2.37. The van der Waals surface area contributed by atoms with E-state index in [4.69, 9.17) is 0 Å². The Labute approximate surface area is 124 Å². The Hall–Kier alpha value is -1.28. The Morgan fingerprint density at radius 2 is 1.90 bits per heavy atom. The minimum Gasteiger partial charge on any atom is -0.376 e. The maximum Gasteiger partial charge on any atom is 0.0233 e. The molecule has 2 nitrogen and oxygen atoms in total. The van der Waals surface area contributed by atoms with Crippen LogP contribution in [-0.4, -0.2) is 36.0 Å². The molecule has 1 aromatic rings. The summed E-state index contributed by atoms with van der Waals surface area (Å²) in [5, 5.41) is 0. The highest BCUT2D eigenvalue weighted by Crippen LogP contribution is 2.21. The first kappa shape index (κ1) is 15.1. The fourth-order valence-corrected chi connectivity index (χ4v) is 3.04. The van der Waals surface area contributed by atoms with E-state index in [1.807, 2.05) is 0 Å². The minimum absolute atomic E-state index is 0.832. The predicted octanol–water partition coefficient (Wildman–Crippen LogP) is 3.75. The standard InChI is InChI=1S/C18H28N2/c1-4-20(16(2)3)15-18-10-12-19(13-11-18)14-17-8-6-5-7-9-17/h5-9,18H,2,4,10-15H2,1,3H3. The Kier molecular flexibility index (Phi) is 5.66. The average molecular weight is 272 g/mol. The van der Waals surface area contributed by atoms with Gasteiger partial charge in [-0.2, -0.15) is 0 Å². The van der Waals surface area contributed by atoms with Crippen LogP contribution in [0.15, 0.2) is 42.6 Å². The van der Waals surface area contributed by atoms with Crippen LogP contribution in [0.4, 0.5) is 0 Å². The van der Waals surface area contributed by atoms with Crippen LogP contribution in [0.25, 0.3) is 0 Å². The second-order valence-corrected chi connectivity index (χ2v) is 5.98. The molecular weight excluding hydrogens is 244 g/mol. The van der Waals surface area contributed by atoms with Crippen molar-refractivity contribution in [3.8, 4) is 0 Å². The maximum atomic E-state index is 4.08. The molecule has 0 spiro atoms. The van der Waals surface area contributed by atoms with E-state index in [-0.39, 0.29) is 0 Å². The van der Waals surface area contributed by atoms with E-state index in [0.717, 1.165) is 19.0 Å². The second kappa shape index (κ2) is 7.49. The van der Waals surface area contributed by atoms with Gasteiger partial charge in [0.1, 0.15) is 0 Å². The summed E-state index contributed by atoms with van der Waals surface area (Å²) in [6.07, 6.45) is 2.63. The van der Waals surface area contributed by atoms with Crippen molar-refractivity contribution >= 4 is 0 Å². The van der Waals surface area contributed by atoms with Crippen molar-refractivity contribution in [2.45, 2.75) is 33.2 Å². The van der Waals surface area contributed by atoms with Crippen LogP contribution < -0.4 is 0 Å². The first-order valence-corrected chi connectivity index (χ1v) is 7.85. The van der Waals surface area contributed by atoms with Crippen LogP contribution >= 0.6 is 0 Å². The van der Waals surface area contributed by atoms with Gasteiger partial charge in [0.15, 0.2) is 0 Å². The van der Waals surface area contributed by atoms with Gasteiger partial charge in [-0.25, -0.2) is 0 Å². The van der Waals surface area contributed by atoms with E-state index >= 15 is 0 Å². The molecule has 2 rings (SSSR count). The molecule has 1 saturated heterocycles. The summed E-state index contributed by atoms with van der Waals surface area (Å²) < 4.78 is 0. The summed E-state index contributed by atoms with van der Waals surface area (Å²) >= 11 is 0. The van der Waals surface area contributed by atoms with E-state index in [1.54, 1.807) is 0 Å². The van der Waals surface area contributed by atoms with Crippen molar-refractivity contribution in [3.63, 3.8) is 0 Å². The van der Waals surface area contributed by atoms with Crippen molar-refractivity contribution in [1.82, 2.24) is 9.80 Å². The topological polar surface area (TPSA) is 6.48 Å². The van der Waals surface area contributed by atoms with Gasteiger partial charge in [0.25, 0.3) is 0 Å². The normalized spacial score (nSPS) is 17.1. The van der Waals surface area contributed by atoms with Crippen molar-refractivity contribution in [2.75, 3.05) is 26.2 Å².